The van der Waals surface area contributed by atoms with E-state index in [0.717, 1.165) is 16.9 Å². The molecule has 0 radical (unpaired) electrons. The molecule has 0 fully saturated rings. The van der Waals surface area contributed by atoms with E-state index < -0.39 is 17.8 Å². The van der Waals surface area contributed by atoms with Crippen LogP contribution in [0.25, 0.3) is 0 Å². The van der Waals surface area contributed by atoms with Crippen molar-refractivity contribution in [1.82, 2.24) is 10.0 Å². The molecule has 1 aliphatic rings. The molecule has 2 heterocycles. The van der Waals surface area contributed by atoms with E-state index in [1.165, 1.54) is 24.3 Å². The van der Waals surface area contributed by atoms with Crippen molar-refractivity contribution in [3.63, 3.8) is 0 Å². The fourth-order valence-electron chi connectivity index (χ4n) is 2.87. The average Bonchev–Trinajstić information content (AvgIpc) is 3.17. The molecular weight excluding hydrogens is 383 g/mol. The molecule has 0 N–H and O–H groups in total. The lowest BCUT2D eigenvalue weighted by Crippen LogP contribution is -2.32. The summed E-state index contributed by atoms with van der Waals surface area (Å²) in [5.41, 5.74) is 1.66. The van der Waals surface area contributed by atoms with Crippen molar-refractivity contribution in [1.29, 1.82) is 0 Å². The molecule has 1 aliphatic heterocycles. The number of nitrogens with zero attached hydrogens (tertiary/aromatic N) is 2. The van der Waals surface area contributed by atoms with Gasteiger partial charge in [-0.05, 0) is 36.8 Å². The summed E-state index contributed by atoms with van der Waals surface area (Å²) >= 11 is 1.11. The van der Waals surface area contributed by atoms with E-state index in [1.54, 1.807) is 31.2 Å². The molecule has 0 atom stereocenters. The summed E-state index contributed by atoms with van der Waals surface area (Å²) in [5, 5.41) is 1.12. The van der Waals surface area contributed by atoms with Crippen molar-refractivity contribution >= 4 is 29.1 Å². The summed E-state index contributed by atoms with van der Waals surface area (Å²) < 4.78 is 13.0. The molecule has 8 heteroatoms. The van der Waals surface area contributed by atoms with Crippen LogP contribution in [0.15, 0.2) is 48.5 Å². The summed E-state index contributed by atoms with van der Waals surface area (Å²) in [6, 6.07) is 12.3. The number of aryl methyl sites for hydroxylation is 1. The molecule has 0 bridgehead atoms. The quantitative estimate of drug-likeness (QED) is 0.631. The average molecular weight is 396 g/mol. The minimum atomic E-state index is -0.824. The van der Waals surface area contributed by atoms with Crippen LogP contribution >= 0.6 is 11.3 Å². The van der Waals surface area contributed by atoms with Crippen LogP contribution in [-0.2, 0) is 11.3 Å². The third-order valence-corrected chi connectivity index (χ3v) is 5.36. The molecule has 0 spiro atoms. The van der Waals surface area contributed by atoms with Crippen LogP contribution in [-0.4, -0.2) is 27.8 Å². The molecule has 4 rings (SSSR count). The fraction of sp³-hybridized carbons (Fsp3) is 0.100. The van der Waals surface area contributed by atoms with Gasteiger partial charge in [0.25, 0.3) is 11.8 Å². The molecule has 3 aromatic rings. The highest BCUT2D eigenvalue weighted by atomic mass is 32.1. The number of amides is 2. The van der Waals surface area contributed by atoms with E-state index in [1.807, 2.05) is 0 Å². The number of fused-ring (bicyclic) bond motifs is 1. The maximum atomic E-state index is 13.0. The molecule has 0 saturated heterocycles. The van der Waals surface area contributed by atoms with Crippen LogP contribution < -0.4 is 0 Å². The van der Waals surface area contributed by atoms with E-state index in [4.69, 9.17) is 4.84 Å². The van der Waals surface area contributed by atoms with E-state index in [0.29, 0.717) is 22.2 Å². The first-order valence-electron chi connectivity index (χ1n) is 8.35. The summed E-state index contributed by atoms with van der Waals surface area (Å²) in [7, 11) is 0. The predicted molar refractivity (Wildman–Crippen MR) is 98.4 cm³/mol. The first kappa shape index (κ1) is 18.0. The minimum Gasteiger partial charge on any atom is -0.323 e. The third kappa shape index (κ3) is 3.18. The predicted octanol–water partition coefficient (Wildman–Crippen LogP) is 3.55. The first-order chi connectivity index (χ1) is 13.4. The zero-order valence-corrected chi connectivity index (χ0v) is 15.5. The molecule has 140 valence electrons. The Morgan fingerprint density at radius 2 is 1.68 bits per heavy atom. The van der Waals surface area contributed by atoms with Gasteiger partial charge in [0.2, 0.25) is 0 Å². The molecule has 0 unspecified atom stereocenters. The highest BCUT2D eigenvalue weighted by Gasteiger charge is 2.39. The Morgan fingerprint density at radius 1 is 1.07 bits per heavy atom. The molecule has 2 aromatic carbocycles. The van der Waals surface area contributed by atoms with Gasteiger partial charge in [-0.2, -0.15) is 0 Å². The number of imide groups is 1. The van der Waals surface area contributed by atoms with Crippen LogP contribution in [0.1, 0.15) is 46.7 Å². The van der Waals surface area contributed by atoms with Gasteiger partial charge in [0.1, 0.15) is 10.7 Å². The molecule has 2 amide bonds. The van der Waals surface area contributed by atoms with Crippen LogP contribution in [0.4, 0.5) is 4.39 Å². The summed E-state index contributed by atoms with van der Waals surface area (Å²) in [6.45, 7) is 1.64. The van der Waals surface area contributed by atoms with Gasteiger partial charge in [-0.3, -0.25) is 9.59 Å². The highest BCUT2D eigenvalue weighted by molar-refractivity contribution is 7.13. The second kappa shape index (κ2) is 6.97. The van der Waals surface area contributed by atoms with E-state index >= 15 is 0 Å². The number of benzene rings is 2. The van der Waals surface area contributed by atoms with Gasteiger partial charge >= 0.3 is 5.97 Å². The van der Waals surface area contributed by atoms with Gasteiger partial charge in [-0.15, -0.1) is 11.3 Å². The van der Waals surface area contributed by atoms with Crippen LogP contribution in [0.5, 0.6) is 0 Å². The van der Waals surface area contributed by atoms with E-state index in [-0.39, 0.29) is 21.8 Å². The Balaban J connectivity index is 1.51. The number of halogens is 1. The lowest BCUT2D eigenvalue weighted by Gasteiger charge is -2.11. The monoisotopic (exact) mass is 396 g/mol. The molecule has 6 nitrogen and oxygen atoms in total. The molecule has 28 heavy (non-hydrogen) atoms. The Bertz CT molecular complexity index is 1070. The number of hydrogen-bond donors (Lipinski definition) is 0. The summed E-state index contributed by atoms with van der Waals surface area (Å²) in [4.78, 5) is 46.8. The molecular formula is C20H13FN2O4S. The van der Waals surface area contributed by atoms with Gasteiger partial charge in [0, 0.05) is 6.42 Å². The largest absolute Gasteiger partial charge is 0.375 e. The number of carbonyl (C=O) groups excluding carboxylic acids is 3. The number of thiazole rings is 1. The Labute approximate surface area is 163 Å². The van der Waals surface area contributed by atoms with Crippen LogP contribution in [0.3, 0.4) is 0 Å². The van der Waals surface area contributed by atoms with Crippen LogP contribution in [0.2, 0.25) is 0 Å². The molecule has 1 aromatic heterocycles. The topological polar surface area (TPSA) is 76.6 Å². The second-order valence-corrected chi connectivity index (χ2v) is 7.24. The number of hydrogen-bond acceptors (Lipinski definition) is 6. The maximum absolute atomic E-state index is 13.0. The Hall–Kier alpha value is -3.39. The van der Waals surface area contributed by atoms with Crippen molar-refractivity contribution in [2.75, 3.05) is 0 Å². The lowest BCUT2D eigenvalue weighted by atomic mass is 10.1. The number of aromatic nitrogens is 1. The lowest BCUT2D eigenvalue weighted by molar-refractivity contribution is -0.0581. The third-order valence-electron chi connectivity index (χ3n) is 4.23. The van der Waals surface area contributed by atoms with Gasteiger partial charge in [-0.25, -0.2) is 14.2 Å². The Kier molecular flexibility index (Phi) is 4.48. The van der Waals surface area contributed by atoms with Crippen molar-refractivity contribution in [3.8, 4) is 0 Å². The SMILES string of the molecule is Cc1nc(Cc2ccc(F)cc2)sc1C(=O)ON1C(=O)c2ccccc2C1=O. The van der Waals surface area contributed by atoms with Crippen molar-refractivity contribution in [3.05, 3.63) is 86.6 Å². The normalized spacial score (nSPS) is 13.0. The van der Waals surface area contributed by atoms with Crippen LogP contribution in [0, 0.1) is 12.7 Å². The minimum absolute atomic E-state index is 0.193. The van der Waals surface area contributed by atoms with Gasteiger partial charge in [0.15, 0.2) is 0 Å². The smallest absolute Gasteiger partial charge is 0.323 e. The Morgan fingerprint density at radius 3 is 2.29 bits per heavy atom. The van der Waals surface area contributed by atoms with Gasteiger partial charge < -0.3 is 4.84 Å². The summed E-state index contributed by atoms with van der Waals surface area (Å²) in [6.07, 6.45) is 0.423. The number of carbonyl (C=O) groups is 3. The zero-order chi connectivity index (χ0) is 19.8. The van der Waals surface area contributed by atoms with Crippen molar-refractivity contribution < 1.29 is 23.6 Å². The van der Waals surface area contributed by atoms with Crippen molar-refractivity contribution in [2.45, 2.75) is 13.3 Å². The number of hydroxylamine groups is 2. The summed E-state index contributed by atoms with van der Waals surface area (Å²) in [5.74, 6) is -2.51. The highest BCUT2D eigenvalue weighted by Crippen LogP contribution is 2.26. The van der Waals surface area contributed by atoms with Gasteiger partial charge in [0.05, 0.1) is 21.8 Å². The van der Waals surface area contributed by atoms with E-state index in [9.17, 15) is 18.8 Å². The molecule has 0 aliphatic carbocycles. The number of rotatable bonds is 4. The zero-order valence-electron chi connectivity index (χ0n) is 14.6. The second-order valence-electron chi connectivity index (χ2n) is 6.15. The first-order valence-corrected chi connectivity index (χ1v) is 9.16. The van der Waals surface area contributed by atoms with Crippen molar-refractivity contribution in [2.24, 2.45) is 0 Å². The van der Waals surface area contributed by atoms with Gasteiger partial charge in [-0.1, -0.05) is 29.3 Å². The fourth-order valence-corrected chi connectivity index (χ4v) is 3.84. The molecule has 0 saturated carbocycles. The maximum Gasteiger partial charge on any atom is 0.375 e. The standard InChI is InChI=1S/C20H13FN2O4S/c1-11-17(28-16(22-11)10-12-6-8-13(21)9-7-12)20(26)27-23-18(24)14-4-2-3-5-15(14)19(23)25/h2-9H,10H2,1H3. The van der Waals surface area contributed by atoms with E-state index in [2.05, 4.69) is 4.98 Å².